The first-order valence-corrected chi connectivity index (χ1v) is 6.28. The predicted octanol–water partition coefficient (Wildman–Crippen LogP) is 3.77. The zero-order valence-corrected chi connectivity index (χ0v) is 12.8. The van der Waals surface area contributed by atoms with Gasteiger partial charge in [-0.25, -0.2) is 0 Å². The SMILES string of the molecule is COc1cc(O)ccc1[C@H](N)c1ccc(OC(F)(F)F)cc1.Cl. The van der Waals surface area contributed by atoms with E-state index in [9.17, 15) is 18.3 Å². The number of alkyl halides is 3. The van der Waals surface area contributed by atoms with E-state index >= 15 is 0 Å². The second-order valence-electron chi connectivity index (χ2n) is 4.52. The van der Waals surface area contributed by atoms with Crippen molar-refractivity contribution >= 4 is 12.4 Å². The van der Waals surface area contributed by atoms with Crippen LogP contribution in [0.1, 0.15) is 17.2 Å². The van der Waals surface area contributed by atoms with Crippen LogP contribution in [0.25, 0.3) is 0 Å². The maximum absolute atomic E-state index is 12.1. The highest BCUT2D eigenvalue weighted by molar-refractivity contribution is 5.85. The van der Waals surface area contributed by atoms with E-state index in [-0.39, 0.29) is 23.9 Å². The number of methoxy groups -OCH3 is 1. The molecule has 0 saturated heterocycles. The van der Waals surface area contributed by atoms with Crippen molar-refractivity contribution in [3.63, 3.8) is 0 Å². The van der Waals surface area contributed by atoms with E-state index in [0.717, 1.165) is 0 Å². The molecule has 0 radical (unpaired) electrons. The first kappa shape index (κ1) is 18.9. The van der Waals surface area contributed by atoms with Crippen molar-refractivity contribution in [1.82, 2.24) is 0 Å². The lowest BCUT2D eigenvalue weighted by Crippen LogP contribution is -2.17. The van der Waals surface area contributed by atoms with Gasteiger partial charge in [0.15, 0.2) is 0 Å². The molecule has 0 aliphatic carbocycles. The van der Waals surface area contributed by atoms with E-state index in [2.05, 4.69) is 4.74 Å². The monoisotopic (exact) mass is 349 g/mol. The number of benzene rings is 2. The molecule has 8 heteroatoms. The van der Waals surface area contributed by atoms with E-state index in [1.807, 2.05) is 0 Å². The molecular formula is C15H15ClF3NO3. The first-order chi connectivity index (χ1) is 10.3. The van der Waals surface area contributed by atoms with Crippen LogP contribution in [0.3, 0.4) is 0 Å². The Hall–Kier alpha value is -2.12. The average molecular weight is 350 g/mol. The van der Waals surface area contributed by atoms with Gasteiger partial charge in [-0.15, -0.1) is 25.6 Å². The normalized spacial score (nSPS) is 12.2. The Bertz CT molecular complexity index is 647. The van der Waals surface area contributed by atoms with Crippen molar-refractivity contribution in [3.8, 4) is 17.2 Å². The maximum Gasteiger partial charge on any atom is 0.573 e. The highest BCUT2D eigenvalue weighted by atomic mass is 35.5. The molecule has 0 spiro atoms. The fourth-order valence-electron chi connectivity index (χ4n) is 2.01. The molecule has 0 unspecified atom stereocenters. The topological polar surface area (TPSA) is 64.7 Å². The number of hydrogen-bond donors (Lipinski definition) is 2. The van der Waals surface area contributed by atoms with Crippen molar-refractivity contribution in [2.24, 2.45) is 5.73 Å². The molecule has 0 aliphatic rings. The Morgan fingerprint density at radius 1 is 1.09 bits per heavy atom. The van der Waals surface area contributed by atoms with Crippen LogP contribution in [-0.4, -0.2) is 18.6 Å². The lowest BCUT2D eigenvalue weighted by molar-refractivity contribution is -0.274. The zero-order valence-electron chi connectivity index (χ0n) is 12.0. The van der Waals surface area contributed by atoms with E-state index in [4.69, 9.17) is 10.5 Å². The molecule has 23 heavy (non-hydrogen) atoms. The van der Waals surface area contributed by atoms with Gasteiger partial charge in [0.25, 0.3) is 0 Å². The fourth-order valence-corrected chi connectivity index (χ4v) is 2.01. The van der Waals surface area contributed by atoms with Crippen LogP contribution in [0.2, 0.25) is 0 Å². The summed E-state index contributed by atoms with van der Waals surface area (Å²) in [6, 6.07) is 9.12. The second kappa shape index (κ2) is 7.43. The largest absolute Gasteiger partial charge is 0.573 e. The molecule has 2 aromatic rings. The van der Waals surface area contributed by atoms with Gasteiger partial charge in [-0.2, -0.15) is 0 Å². The lowest BCUT2D eigenvalue weighted by Gasteiger charge is -2.17. The van der Waals surface area contributed by atoms with Gasteiger partial charge in [-0.3, -0.25) is 0 Å². The van der Waals surface area contributed by atoms with Crippen LogP contribution in [0.15, 0.2) is 42.5 Å². The third-order valence-corrected chi connectivity index (χ3v) is 3.02. The van der Waals surface area contributed by atoms with Crippen molar-refractivity contribution in [2.45, 2.75) is 12.4 Å². The number of phenols is 1. The molecular weight excluding hydrogens is 335 g/mol. The summed E-state index contributed by atoms with van der Waals surface area (Å²) in [5.41, 5.74) is 7.28. The summed E-state index contributed by atoms with van der Waals surface area (Å²) in [5.74, 6) is 0.103. The summed E-state index contributed by atoms with van der Waals surface area (Å²) in [5, 5.41) is 9.42. The molecule has 2 rings (SSSR count). The Morgan fingerprint density at radius 2 is 1.70 bits per heavy atom. The predicted molar refractivity (Wildman–Crippen MR) is 81.1 cm³/mol. The minimum atomic E-state index is -4.73. The molecule has 0 heterocycles. The highest BCUT2D eigenvalue weighted by Gasteiger charge is 2.31. The quantitative estimate of drug-likeness (QED) is 0.882. The van der Waals surface area contributed by atoms with Crippen LogP contribution < -0.4 is 15.2 Å². The Morgan fingerprint density at radius 3 is 2.22 bits per heavy atom. The summed E-state index contributed by atoms with van der Waals surface area (Å²) in [4.78, 5) is 0. The van der Waals surface area contributed by atoms with Crippen LogP contribution in [0.4, 0.5) is 13.2 Å². The fraction of sp³-hybridized carbons (Fsp3) is 0.200. The summed E-state index contributed by atoms with van der Waals surface area (Å²) < 4.78 is 45.3. The lowest BCUT2D eigenvalue weighted by atomic mass is 9.98. The molecule has 0 fully saturated rings. The average Bonchev–Trinajstić information content (AvgIpc) is 2.45. The van der Waals surface area contributed by atoms with Gasteiger partial charge >= 0.3 is 6.36 Å². The maximum atomic E-state index is 12.1. The third-order valence-electron chi connectivity index (χ3n) is 3.02. The molecule has 3 N–H and O–H groups in total. The molecule has 1 atom stereocenters. The number of rotatable bonds is 4. The van der Waals surface area contributed by atoms with E-state index in [0.29, 0.717) is 16.9 Å². The second-order valence-corrected chi connectivity index (χ2v) is 4.52. The number of phenolic OH excluding ortho intramolecular Hbond substituents is 1. The van der Waals surface area contributed by atoms with E-state index < -0.39 is 12.4 Å². The van der Waals surface area contributed by atoms with Gasteiger partial charge in [0.05, 0.1) is 13.2 Å². The third kappa shape index (κ3) is 4.94. The number of nitrogens with two attached hydrogens (primary N) is 1. The summed E-state index contributed by atoms with van der Waals surface area (Å²) in [6.45, 7) is 0. The van der Waals surface area contributed by atoms with Crippen molar-refractivity contribution < 1.29 is 27.8 Å². The van der Waals surface area contributed by atoms with Crippen LogP contribution in [0, 0.1) is 0 Å². The van der Waals surface area contributed by atoms with Gasteiger partial charge in [0.2, 0.25) is 0 Å². The van der Waals surface area contributed by atoms with E-state index in [1.165, 1.54) is 43.5 Å². The standard InChI is InChI=1S/C15H14F3NO3.ClH/c1-21-13-8-10(20)4-7-12(13)14(19)9-2-5-11(6-3-9)22-15(16,17)18;/h2-8,14,20H,19H2,1H3;1H/t14-;/m1./s1. The molecule has 2 aromatic carbocycles. The van der Waals surface area contributed by atoms with Crippen LogP contribution in [0.5, 0.6) is 17.2 Å². The Labute approximate surface area is 137 Å². The van der Waals surface area contributed by atoms with Gasteiger partial charge in [-0.1, -0.05) is 12.1 Å². The Balaban J connectivity index is 0.00000264. The summed E-state index contributed by atoms with van der Waals surface area (Å²) in [7, 11) is 1.44. The van der Waals surface area contributed by atoms with Crippen LogP contribution in [-0.2, 0) is 0 Å². The first-order valence-electron chi connectivity index (χ1n) is 6.28. The van der Waals surface area contributed by atoms with Crippen molar-refractivity contribution in [3.05, 3.63) is 53.6 Å². The summed E-state index contributed by atoms with van der Waals surface area (Å²) >= 11 is 0. The van der Waals surface area contributed by atoms with E-state index in [1.54, 1.807) is 6.07 Å². The van der Waals surface area contributed by atoms with Crippen LogP contribution >= 0.6 is 12.4 Å². The number of ether oxygens (including phenoxy) is 2. The molecule has 4 nitrogen and oxygen atoms in total. The summed E-state index contributed by atoms with van der Waals surface area (Å²) in [6.07, 6.45) is -4.73. The van der Waals surface area contributed by atoms with Gasteiger partial charge < -0.3 is 20.3 Å². The number of aromatic hydroxyl groups is 1. The van der Waals surface area contributed by atoms with Crippen molar-refractivity contribution in [2.75, 3.05) is 7.11 Å². The Kier molecular flexibility index (Phi) is 6.12. The minimum absolute atomic E-state index is 0. The number of hydrogen-bond acceptors (Lipinski definition) is 4. The van der Waals surface area contributed by atoms with Crippen molar-refractivity contribution in [1.29, 1.82) is 0 Å². The zero-order chi connectivity index (χ0) is 16.3. The molecule has 126 valence electrons. The van der Waals surface area contributed by atoms with Gasteiger partial charge in [0, 0.05) is 11.6 Å². The van der Waals surface area contributed by atoms with Gasteiger partial charge in [0.1, 0.15) is 17.2 Å². The molecule has 0 amide bonds. The smallest absolute Gasteiger partial charge is 0.508 e. The molecule has 0 saturated carbocycles. The minimum Gasteiger partial charge on any atom is -0.508 e. The van der Waals surface area contributed by atoms with Gasteiger partial charge in [-0.05, 0) is 29.8 Å². The molecule has 0 aromatic heterocycles. The highest BCUT2D eigenvalue weighted by Crippen LogP contribution is 2.32. The molecule has 0 aliphatic heterocycles. The molecule has 0 bridgehead atoms. The number of halogens is 4.